The van der Waals surface area contributed by atoms with Gasteiger partial charge in [-0.2, -0.15) is 0 Å². The predicted molar refractivity (Wildman–Crippen MR) is 411 cm³/mol. The number of nitrogens with zero attached hydrogens (tertiary/aromatic N) is 8. The van der Waals surface area contributed by atoms with Crippen LogP contribution in [-0.2, 0) is 71.0 Å². The first kappa shape index (κ1) is 86.6. The lowest BCUT2D eigenvalue weighted by Crippen LogP contribution is -2.58. The van der Waals surface area contributed by atoms with Crippen molar-refractivity contribution < 1.29 is 82.0 Å². The molecule has 7 heterocycles. The largest absolute Gasteiger partial charge is 0.457 e. The molecule has 0 aliphatic carbocycles. The number of nitrogens with one attached hydrogen (secondary N) is 3. The molecule has 0 bridgehead atoms. The van der Waals surface area contributed by atoms with E-state index in [-0.39, 0.29) is 63.6 Å². The van der Waals surface area contributed by atoms with Gasteiger partial charge >= 0.3 is 36.6 Å². The van der Waals surface area contributed by atoms with Gasteiger partial charge in [0.15, 0.2) is 5.76 Å². The molecule has 0 aromatic heterocycles. The van der Waals surface area contributed by atoms with Crippen LogP contribution >= 0.6 is 0 Å². The van der Waals surface area contributed by atoms with E-state index in [4.69, 9.17) is 44.4 Å². The van der Waals surface area contributed by atoms with Crippen molar-refractivity contribution in [2.24, 2.45) is 16.8 Å². The van der Waals surface area contributed by atoms with Gasteiger partial charge in [0.05, 0.1) is 56.6 Å². The maximum atomic E-state index is 12.9. The third-order valence-electron chi connectivity index (χ3n) is 17.8. The number of nitrogens with two attached hydrogens (primary N) is 1. The minimum absolute atomic E-state index is 0.0485. The maximum absolute atomic E-state index is 12.9. The Balaban J connectivity index is 0.000000192. The highest BCUT2D eigenvalue weighted by atomic mass is 16.6. The molecule has 5 aromatic carbocycles. The summed E-state index contributed by atoms with van der Waals surface area (Å²) in [5, 5.41) is 42.1. The molecule has 0 radical (unpaired) electrons. The molecule has 594 valence electrons. The zero-order valence-corrected chi connectivity index (χ0v) is 63.5. The van der Waals surface area contributed by atoms with Gasteiger partial charge < -0.3 is 94.7 Å². The van der Waals surface area contributed by atoms with Crippen LogP contribution in [0.25, 0.3) is 10.4 Å². The van der Waals surface area contributed by atoms with Gasteiger partial charge in [0.2, 0.25) is 5.91 Å². The highest BCUT2D eigenvalue weighted by molar-refractivity contribution is 5.86. The summed E-state index contributed by atoms with van der Waals surface area (Å²) in [6.07, 6.45) is 8.21. The third kappa shape index (κ3) is 32.6. The number of hydrogen-bond acceptors (Lipinski definition) is 20. The number of β-amino-alcohol motifs (C(OH)–C–C–N with tert-alkyl or cyclic N) is 3. The highest BCUT2D eigenvalue weighted by Crippen LogP contribution is 2.34. The number of piperidine rings is 3. The number of azide groups is 1. The third-order valence-corrected chi connectivity index (χ3v) is 17.8. The van der Waals surface area contributed by atoms with Gasteiger partial charge in [0, 0.05) is 63.2 Å². The fourth-order valence-electron chi connectivity index (χ4n) is 11.6. The van der Waals surface area contributed by atoms with Crippen molar-refractivity contribution in [3.8, 4) is 0 Å². The Bertz CT molecular complexity index is 3770. The van der Waals surface area contributed by atoms with E-state index in [9.17, 15) is 48.9 Å². The fourth-order valence-corrected chi connectivity index (χ4v) is 11.6. The molecule has 6 unspecified atom stereocenters. The van der Waals surface area contributed by atoms with Gasteiger partial charge in [-0.1, -0.05) is 195 Å². The molecule has 5 aromatic rings. The lowest BCUT2D eigenvalue weighted by molar-refractivity contribution is -0.125. The van der Waals surface area contributed by atoms with Gasteiger partial charge in [-0.15, -0.1) is 0 Å². The van der Waals surface area contributed by atoms with Crippen LogP contribution in [0.5, 0.6) is 0 Å². The second kappa shape index (κ2) is 46.6. The smallest absolute Gasteiger partial charge is 0.410 e. The molecule has 29 nitrogen and oxygen atoms in total. The zero-order chi connectivity index (χ0) is 79.1. The number of amides is 7. The normalized spacial score (nSPS) is 19.7. The van der Waals surface area contributed by atoms with Crippen molar-refractivity contribution in [3.05, 3.63) is 226 Å². The number of rotatable bonds is 16. The number of carbonyl (C=O) groups is 7. The number of carbonyl (C=O) groups excluding carboxylic acids is 7. The van der Waals surface area contributed by atoms with Crippen LogP contribution in [0.3, 0.4) is 0 Å². The number of aliphatic hydroxyl groups excluding tert-OH is 3. The SMILES string of the molecule is C1=CCNCC1.CC(C)C[C@H](NC(=O)OC(C)(C)C)C(=O)NC1CCN(C(=O)OCc2ccccc2)CC1O.NC1CCN(C(=O)OCc2ccccc2)CC1O.O=C(OCc1ccccc1)N1CC=CCC1.O=C(OCc1ccccc1)N1CCC2=C(C1)O2.[N-]=[N+]=NC1CCN(C(=O)OCc2ccccc2)CC1O. The first-order chi connectivity index (χ1) is 53.0. The van der Waals surface area contributed by atoms with Gasteiger partial charge in [0.1, 0.15) is 50.4 Å². The van der Waals surface area contributed by atoms with Crippen molar-refractivity contribution in [3.63, 3.8) is 0 Å². The van der Waals surface area contributed by atoms with Crippen LogP contribution in [0.1, 0.15) is 107 Å². The number of alkyl carbamates (subject to hydrolysis) is 1. The van der Waals surface area contributed by atoms with Crippen molar-refractivity contribution in [2.45, 2.75) is 161 Å². The van der Waals surface area contributed by atoms with Crippen LogP contribution in [0, 0.1) is 5.92 Å². The number of ether oxygens (including phenoxy) is 7. The van der Waals surface area contributed by atoms with E-state index in [0.717, 1.165) is 71.8 Å². The first-order valence-corrected chi connectivity index (χ1v) is 37.3. The van der Waals surface area contributed by atoms with E-state index < -0.39 is 72.3 Å². The van der Waals surface area contributed by atoms with Crippen LogP contribution in [0.4, 0.5) is 28.8 Å². The van der Waals surface area contributed by atoms with Crippen molar-refractivity contribution >= 4 is 42.5 Å². The second-order valence-corrected chi connectivity index (χ2v) is 28.3. The molecular weight excluding hydrogens is 1410 g/mol. The van der Waals surface area contributed by atoms with Crippen molar-refractivity contribution in [2.75, 3.05) is 78.5 Å². The Morgan fingerprint density at radius 3 is 1.36 bits per heavy atom. The van der Waals surface area contributed by atoms with E-state index in [0.29, 0.717) is 78.2 Å². The number of likely N-dealkylation sites (tertiary alicyclic amines) is 3. The minimum Gasteiger partial charge on any atom is -0.457 e. The van der Waals surface area contributed by atoms with E-state index >= 15 is 0 Å². The van der Waals surface area contributed by atoms with Gasteiger partial charge in [0.25, 0.3) is 0 Å². The molecule has 7 aliphatic rings. The Labute approximate surface area is 643 Å². The molecule has 29 heteroatoms. The summed E-state index contributed by atoms with van der Waals surface area (Å²) >= 11 is 0. The van der Waals surface area contributed by atoms with E-state index in [1.54, 1.807) is 30.6 Å². The average molecular weight is 1520 g/mol. The molecule has 12 rings (SSSR count). The number of aliphatic hydroxyl groups is 3. The van der Waals surface area contributed by atoms with Crippen molar-refractivity contribution in [1.82, 2.24) is 40.4 Å². The standard InChI is InChI=1S/C24H37N3O6.C13H16N4O3.C13H18N2O3.C13H13NO3.C13H15NO2.C5H9N/c1-16(2)13-19(26-22(30)33-24(3,4)5)21(29)25-18-11-12-27(14-20(18)28)23(31)32-15-17-9-7-6-8-10-17;14-16-15-11-6-7-17(8-12(11)18)13(19)20-9-10-4-2-1-3-5-10;14-11-6-7-15(8-12(11)16)13(17)18-9-10-4-2-1-3-5-10;15-13(14-7-6-11-12(8-14)17-11)16-9-10-4-2-1-3-5-10;15-13(14-9-5-2-6-10-14)16-11-12-7-3-1-4-8-12;1-2-4-6-5-3-1/h6-10,16,18-20,28H,11-15H2,1-5H3,(H,25,29)(H,26,30);1-5,11-12,18H,6-9H2;1-5,11-12,16H,6-9,14H2;1-5H,6-9H2;1-5,7-8H,6,9-11H2;1-2,6H,3-5H2/t18?,19-,20?;;;;;/m0...../s1. The van der Waals surface area contributed by atoms with Crippen LogP contribution in [-0.4, -0.2) is 209 Å². The monoisotopic (exact) mass is 1520 g/mol. The molecule has 7 aliphatic heterocycles. The summed E-state index contributed by atoms with van der Waals surface area (Å²) in [7, 11) is 0. The Morgan fingerprint density at radius 2 is 0.991 bits per heavy atom. The molecule has 7 atom stereocenters. The van der Waals surface area contributed by atoms with E-state index in [1.165, 1.54) is 21.1 Å². The van der Waals surface area contributed by atoms with Gasteiger partial charge in [-0.05, 0) is 105 Å². The molecule has 0 spiro atoms. The molecule has 110 heavy (non-hydrogen) atoms. The summed E-state index contributed by atoms with van der Waals surface area (Å²) in [5.41, 5.74) is 18.1. The lowest BCUT2D eigenvalue weighted by Gasteiger charge is -2.36. The highest BCUT2D eigenvalue weighted by Gasteiger charge is 2.37. The van der Waals surface area contributed by atoms with Crippen LogP contribution < -0.4 is 21.7 Å². The van der Waals surface area contributed by atoms with Crippen LogP contribution in [0.2, 0.25) is 0 Å². The molecular formula is C81H108N12O17. The molecule has 8 N–H and O–H groups in total. The summed E-state index contributed by atoms with van der Waals surface area (Å²) in [5.74, 6) is 1.76. The first-order valence-electron chi connectivity index (χ1n) is 37.3. The minimum atomic E-state index is -0.951. The topological polar surface area (TPSA) is 375 Å². The van der Waals surface area contributed by atoms with Crippen molar-refractivity contribution in [1.29, 1.82) is 0 Å². The zero-order valence-electron chi connectivity index (χ0n) is 63.5. The quantitative estimate of drug-likeness (QED) is 0.0159. The number of benzene rings is 5. The fraction of sp³-hybridized carbons (Fsp3) is 0.469. The molecule has 0 saturated carbocycles. The summed E-state index contributed by atoms with van der Waals surface area (Å²) in [6, 6.07) is 45.6. The Morgan fingerprint density at radius 1 is 0.555 bits per heavy atom. The second-order valence-electron chi connectivity index (χ2n) is 28.3. The molecule has 3 fully saturated rings. The summed E-state index contributed by atoms with van der Waals surface area (Å²) in [6.45, 7) is 17.0. The summed E-state index contributed by atoms with van der Waals surface area (Å²) < 4.78 is 36.6. The summed E-state index contributed by atoms with van der Waals surface area (Å²) in [4.78, 5) is 94.9. The van der Waals surface area contributed by atoms with E-state index in [1.807, 2.05) is 172 Å². The van der Waals surface area contributed by atoms with Gasteiger partial charge in [-0.25, -0.2) is 28.8 Å². The molecule has 7 amide bonds. The lowest BCUT2D eigenvalue weighted by atomic mass is 9.99. The average Bonchev–Trinajstić information content (AvgIpc) is 1.65. The van der Waals surface area contributed by atoms with E-state index in [2.05, 4.69) is 44.2 Å². The maximum Gasteiger partial charge on any atom is 0.410 e. The Hall–Kier alpha value is -10.7. The molecule has 3 saturated heterocycles. The van der Waals surface area contributed by atoms with Gasteiger partial charge in [-0.3, -0.25) is 4.79 Å². The van der Waals surface area contributed by atoms with Crippen LogP contribution in [0.15, 0.2) is 193 Å². The number of hydrogen-bond donors (Lipinski definition) is 7. The predicted octanol–water partition coefficient (Wildman–Crippen LogP) is 11.0. The Kier molecular flexibility index (Phi) is 36.7.